The van der Waals surface area contributed by atoms with Crippen LogP contribution in [0.5, 0.6) is 0 Å². The van der Waals surface area contributed by atoms with E-state index in [1.807, 2.05) is 0 Å². The van der Waals surface area contributed by atoms with Crippen LogP contribution in [0.25, 0.3) is 0 Å². The van der Waals surface area contributed by atoms with Gasteiger partial charge in [0.2, 0.25) is 5.95 Å². The fourth-order valence-electron chi connectivity index (χ4n) is 2.63. The van der Waals surface area contributed by atoms with E-state index < -0.39 is 0 Å². The Bertz CT molecular complexity index is 595. The van der Waals surface area contributed by atoms with Gasteiger partial charge in [0.25, 0.3) is 0 Å². The molecule has 1 aromatic heterocycles. The van der Waals surface area contributed by atoms with Gasteiger partial charge in [0.05, 0.1) is 6.54 Å². The molecule has 1 saturated heterocycles. The Morgan fingerprint density at radius 3 is 2.71 bits per heavy atom. The number of hydrogen-bond acceptors (Lipinski definition) is 5. The molecule has 1 aromatic carbocycles. The third-order valence-corrected chi connectivity index (χ3v) is 3.95. The Morgan fingerprint density at radius 1 is 1.24 bits per heavy atom. The van der Waals surface area contributed by atoms with E-state index in [1.54, 1.807) is 22.9 Å². The van der Waals surface area contributed by atoms with E-state index in [0.717, 1.165) is 25.9 Å². The number of halogens is 1. The third-order valence-electron chi connectivity index (χ3n) is 3.95. The summed E-state index contributed by atoms with van der Waals surface area (Å²) in [7, 11) is 0. The van der Waals surface area contributed by atoms with Gasteiger partial charge < -0.3 is 10.0 Å². The number of nitrogens with zero attached hydrogens (tertiary/aromatic N) is 5. The zero-order valence-corrected chi connectivity index (χ0v) is 11.7. The lowest BCUT2D eigenvalue weighted by atomic mass is 9.98. The number of aliphatic hydroxyl groups is 1. The molecule has 112 valence electrons. The summed E-state index contributed by atoms with van der Waals surface area (Å²) in [6.07, 6.45) is 1.84. The number of benzene rings is 1. The maximum Gasteiger partial charge on any atom is 0.245 e. The molecule has 1 fully saturated rings. The lowest BCUT2D eigenvalue weighted by molar-refractivity contribution is 0.202. The first kappa shape index (κ1) is 13.9. The van der Waals surface area contributed by atoms with Crippen molar-refractivity contribution in [2.75, 3.05) is 24.6 Å². The van der Waals surface area contributed by atoms with Gasteiger partial charge in [-0.2, -0.15) is 0 Å². The Balaban J connectivity index is 1.74. The summed E-state index contributed by atoms with van der Waals surface area (Å²) >= 11 is 0. The number of tetrazole rings is 1. The van der Waals surface area contributed by atoms with Crippen LogP contribution in [0.1, 0.15) is 18.4 Å². The molecule has 0 bridgehead atoms. The first-order valence-corrected chi connectivity index (χ1v) is 7.13. The molecule has 21 heavy (non-hydrogen) atoms. The van der Waals surface area contributed by atoms with Gasteiger partial charge in [0.15, 0.2) is 0 Å². The molecule has 0 aliphatic carbocycles. The smallest absolute Gasteiger partial charge is 0.245 e. The monoisotopic (exact) mass is 291 g/mol. The second kappa shape index (κ2) is 6.17. The minimum atomic E-state index is -0.252. The quantitative estimate of drug-likeness (QED) is 0.912. The van der Waals surface area contributed by atoms with Crippen molar-refractivity contribution < 1.29 is 9.50 Å². The first-order valence-electron chi connectivity index (χ1n) is 7.13. The first-order chi connectivity index (χ1) is 10.3. The molecule has 0 radical (unpaired) electrons. The molecule has 0 unspecified atom stereocenters. The lowest BCUT2D eigenvalue weighted by Crippen LogP contribution is -2.36. The SMILES string of the molecule is OCC1CCN(c2nnnn2Cc2ccccc2F)CC1. The number of anilines is 1. The molecule has 1 aliphatic rings. The van der Waals surface area contributed by atoms with Crippen LogP contribution in [0.4, 0.5) is 10.3 Å². The standard InChI is InChI=1S/C14H18FN5O/c15-13-4-2-1-3-12(13)9-20-14(16-17-18-20)19-7-5-11(10-21)6-8-19/h1-4,11,21H,5-10H2. The molecule has 1 aliphatic heterocycles. The summed E-state index contributed by atoms with van der Waals surface area (Å²) in [6.45, 7) is 2.16. The van der Waals surface area contributed by atoms with Crippen molar-refractivity contribution in [2.24, 2.45) is 5.92 Å². The lowest BCUT2D eigenvalue weighted by Gasteiger charge is -2.31. The second-order valence-electron chi connectivity index (χ2n) is 5.34. The minimum absolute atomic E-state index is 0.230. The minimum Gasteiger partial charge on any atom is -0.396 e. The number of hydrogen-bond donors (Lipinski definition) is 1. The van der Waals surface area contributed by atoms with Gasteiger partial charge in [-0.05, 0) is 35.3 Å². The zero-order chi connectivity index (χ0) is 14.7. The zero-order valence-electron chi connectivity index (χ0n) is 11.7. The summed E-state index contributed by atoms with van der Waals surface area (Å²) in [5.74, 6) is 0.768. The highest BCUT2D eigenvalue weighted by Gasteiger charge is 2.22. The summed E-state index contributed by atoms with van der Waals surface area (Å²) < 4.78 is 15.4. The molecular weight excluding hydrogens is 273 g/mol. The van der Waals surface area contributed by atoms with Crippen molar-refractivity contribution in [2.45, 2.75) is 19.4 Å². The summed E-state index contributed by atoms with van der Waals surface area (Å²) in [5.41, 5.74) is 0.566. The maximum absolute atomic E-state index is 13.7. The van der Waals surface area contributed by atoms with Crippen molar-refractivity contribution >= 4 is 5.95 Å². The summed E-state index contributed by atoms with van der Waals surface area (Å²) in [4.78, 5) is 2.09. The van der Waals surface area contributed by atoms with E-state index in [0.29, 0.717) is 24.0 Å². The normalized spacial score (nSPS) is 16.4. The van der Waals surface area contributed by atoms with Gasteiger partial charge in [-0.25, -0.2) is 9.07 Å². The van der Waals surface area contributed by atoms with Crippen LogP contribution >= 0.6 is 0 Å². The van der Waals surface area contributed by atoms with E-state index in [2.05, 4.69) is 20.4 Å². The molecule has 6 nitrogen and oxygen atoms in total. The van der Waals surface area contributed by atoms with E-state index in [1.165, 1.54) is 6.07 Å². The van der Waals surface area contributed by atoms with Crippen molar-refractivity contribution in [1.29, 1.82) is 0 Å². The summed E-state index contributed by atoms with van der Waals surface area (Å²) in [5, 5.41) is 20.9. The van der Waals surface area contributed by atoms with E-state index in [-0.39, 0.29) is 12.4 Å². The average Bonchev–Trinajstić information content (AvgIpc) is 2.98. The predicted octanol–water partition coefficient (Wildman–Crippen LogP) is 1.07. The molecule has 1 N–H and O–H groups in total. The molecule has 2 aromatic rings. The largest absolute Gasteiger partial charge is 0.396 e. The highest BCUT2D eigenvalue weighted by molar-refractivity contribution is 5.30. The van der Waals surface area contributed by atoms with Gasteiger partial charge in [0, 0.05) is 25.3 Å². The molecular formula is C14H18FN5O. The van der Waals surface area contributed by atoms with Gasteiger partial charge in [0.1, 0.15) is 5.82 Å². The fraction of sp³-hybridized carbons (Fsp3) is 0.500. The Labute approximate surface area is 122 Å². The Morgan fingerprint density at radius 2 is 2.00 bits per heavy atom. The van der Waals surface area contributed by atoms with Crippen LogP contribution in [0.3, 0.4) is 0 Å². The molecule has 3 rings (SSSR count). The number of rotatable bonds is 4. The molecule has 2 heterocycles. The molecule has 7 heteroatoms. The van der Waals surface area contributed by atoms with Crippen LogP contribution < -0.4 is 4.90 Å². The van der Waals surface area contributed by atoms with E-state index in [4.69, 9.17) is 0 Å². The van der Waals surface area contributed by atoms with Gasteiger partial charge in [-0.1, -0.05) is 23.3 Å². The van der Waals surface area contributed by atoms with Crippen molar-refractivity contribution in [3.05, 3.63) is 35.6 Å². The van der Waals surface area contributed by atoms with Crippen LogP contribution in [-0.4, -0.2) is 45.0 Å². The summed E-state index contributed by atoms with van der Waals surface area (Å²) in [6, 6.07) is 6.64. The molecule has 0 saturated carbocycles. The van der Waals surface area contributed by atoms with Crippen LogP contribution in [-0.2, 0) is 6.54 Å². The van der Waals surface area contributed by atoms with Crippen LogP contribution in [0.2, 0.25) is 0 Å². The number of piperidine rings is 1. The van der Waals surface area contributed by atoms with E-state index >= 15 is 0 Å². The number of aliphatic hydroxyl groups excluding tert-OH is 1. The van der Waals surface area contributed by atoms with Crippen LogP contribution in [0, 0.1) is 11.7 Å². The predicted molar refractivity (Wildman–Crippen MR) is 75.3 cm³/mol. The van der Waals surface area contributed by atoms with Crippen molar-refractivity contribution in [3.63, 3.8) is 0 Å². The molecule has 0 amide bonds. The van der Waals surface area contributed by atoms with E-state index in [9.17, 15) is 9.50 Å². The van der Waals surface area contributed by atoms with Crippen molar-refractivity contribution in [3.8, 4) is 0 Å². The molecule has 0 atom stereocenters. The Kier molecular flexibility index (Phi) is 4.10. The average molecular weight is 291 g/mol. The maximum atomic E-state index is 13.7. The molecule has 0 spiro atoms. The second-order valence-corrected chi connectivity index (χ2v) is 5.34. The van der Waals surface area contributed by atoms with Gasteiger partial charge >= 0.3 is 0 Å². The van der Waals surface area contributed by atoms with Gasteiger partial charge in [-0.3, -0.25) is 0 Å². The Hall–Kier alpha value is -2.02. The highest BCUT2D eigenvalue weighted by atomic mass is 19.1. The third kappa shape index (κ3) is 3.02. The number of aromatic nitrogens is 4. The van der Waals surface area contributed by atoms with Gasteiger partial charge in [-0.15, -0.1) is 0 Å². The van der Waals surface area contributed by atoms with Crippen molar-refractivity contribution in [1.82, 2.24) is 20.2 Å². The highest BCUT2D eigenvalue weighted by Crippen LogP contribution is 2.21. The fourth-order valence-corrected chi connectivity index (χ4v) is 2.63. The van der Waals surface area contributed by atoms with Crippen LogP contribution in [0.15, 0.2) is 24.3 Å². The topological polar surface area (TPSA) is 67.1 Å².